The van der Waals surface area contributed by atoms with Crippen LogP contribution in [-0.4, -0.2) is 85.1 Å². The highest BCUT2D eigenvalue weighted by atomic mass is 32.3. The van der Waals surface area contributed by atoms with E-state index in [-0.39, 0.29) is 17.2 Å². The topological polar surface area (TPSA) is 207 Å². The number of hydrogen-bond donors (Lipinski definition) is 7. The van der Waals surface area contributed by atoms with Gasteiger partial charge in [0, 0.05) is 6.42 Å². The molecule has 2 rings (SSSR count). The molecule has 14 heteroatoms. The van der Waals surface area contributed by atoms with Crippen molar-refractivity contribution >= 4 is 27.2 Å². The van der Waals surface area contributed by atoms with Crippen molar-refractivity contribution in [3.63, 3.8) is 0 Å². The van der Waals surface area contributed by atoms with Crippen molar-refractivity contribution in [3.8, 4) is 5.75 Å². The Kier molecular flexibility index (Phi) is 8.21. The van der Waals surface area contributed by atoms with Gasteiger partial charge in [0.25, 0.3) is 0 Å². The van der Waals surface area contributed by atoms with Crippen molar-refractivity contribution in [3.05, 3.63) is 29.8 Å². The highest BCUT2D eigenvalue weighted by molar-refractivity contribution is 8.14. The molecule has 12 nitrogen and oxygen atoms in total. The van der Waals surface area contributed by atoms with E-state index in [1.165, 1.54) is 24.3 Å². The Morgan fingerprint density at radius 1 is 1.17 bits per heavy atom. The first-order chi connectivity index (χ1) is 13.5. The number of benzene rings is 1. The summed E-state index contributed by atoms with van der Waals surface area (Å²) in [6.45, 7) is -0.674. The summed E-state index contributed by atoms with van der Waals surface area (Å²) in [5.74, 6) is -0.0414. The maximum absolute atomic E-state index is 10.8. The summed E-state index contributed by atoms with van der Waals surface area (Å²) in [5, 5.41) is 61.6. The fourth-order valence-electron chi connectivity index (χ4n) is 2.47. The number of rotatable bonds is 7. The lowest BCUT2D eigenvalue weighted by atomic mass is 10.0. The first-order valence-corrected chi connectivity index (χ1v) is 10.4. The summed E-state index contributed by atoms with van der Waals surface area (Å²) in [5.41, 5.74) is -0.988. The van der Waals surface area contributed by atoms with E-state index in [1.54, 1.807) is 0 Å². The van der Waals surface area contributed by atoms with Gasteiger partial charge in [0.2, 0.25) is 0 Å². The van der Waals surface area contributed by atoms with Crippen LogP contribution in [0.15, 0.2) is 29.4 Å². The Morgan fingerprint density at radius 2 is 1.79 bits per heavy atom. The van der Waals surface area contributed by atoms with Crippen LogP contribution in [0, 0.1) is 0 Å². The third-order valence-electron chi connectivity index (χ3n) is 3.98. The van der Waals surface area contributed by atoms with Crippen molar-refractivity contribution in [1.29, 1.82) is 0 Å². The van der Waals surface area contributed by atoms with Crippen LogP contribution in [0.4, 0.5) is 0 Å². The predicted molar refractivity (Wildman–Crippen MR) is 99.1 cm³/mol. The molecule has 7 N–H and O–H groups in total. The fraction of sp³-hybridized carbons (Fsp3) is 0.533. The van der Waals surface area contributed by atoms with Crippen LogP contribution >= 0.6 is 11.8 Å². The van der Waals surface area contributed by atoms with Gasteiger partial charge in [0.05, 0.1) is 12.7 Å². The van der Waals surface area contributed by atoms with Gasteiger partial charge in [-0.05, 0) is 17.7 Å². The quantitative estimate of drug-likeness (QED) is 0.108. The number of phenolic OH excluding ortho intramolecular Hbond substituents is 1. The maximum atomic E-state index is 10.8. The molecular formula is C15H21NO11S2. The van der Waals surface area contributed by atoms with Crippen LogP contribution in [0.5, 0.6) is 5.75 Å². The third kappa shape index (κ3) is 6.77. The highest BCUT2D eigenvalue weighted by Crippen LogP contribution is 2.32. The van der Waals surface area contributed by atoms with Gasteiger partial charge in [0.15, 0.2) is 0 Å². The zero-order valence-electron chi connectivity index (χ0n) is 14.7. The van der Waals surface area contributed by atoms with Gasteiger partial charge >= 0.3 is 10.4 Å². The molecule has 1 aromatic rings. The molecule has 1 aromatic carbocycles. The summed E-state index contributed by atoms with van der Waals surface area (Å²) in [6, 6.07) is 5.43. The van der Waals surface area contributed by atoms with Gasteiger partial charge in [-0.2, -0.15) is 8.42 Å². The summed E-state index contributed by atoms with van der Waals surface area (Å²) in [4.78, 5) is 0. The summed E-state index contributed by atoms with van der Waals surface area (Å²) in [6.07, 6.45) is -7.75. The molecule has 0 amide bonds. The molecule has 0 radical (unpaired) electrons. The molecule has 0 unspecified atom stereocenters. The second-order valence-corrected chi connectivity index (χ2v) is 8.29. The maximum Gasteiger partial charge on any atom is 0.466 e. The number of nitrogens with zero attached hydrogens (tertiary/aromatic N) is 1. The second kappa shape index (κ2) is 10.0. The van der Waals surface area contributed by atoms with Crippen molar-refractivity contribution < 1.29 is 52.6 Å². The average molecular weight is 455 g/mol. The Hall–Kier alpha value is -1.49. The highest BCUT2D eigenvalue weighted by Gasteiger charge is 2.44. The van der Waals surface area contributed by atoms with Crippen molar-refractivity contribution in [2.75, 3.05) is 6.61 Å². The van der Waals surface area contributed by atoms with E-state index in [9.17, 15) is 39.1 Å². The standard InChI is InChI=1S/C15H21NO11S2/c17-6-10-12(20)13(21)14(22)15(26-10)28-11(16-27-29(23,24)25)5-9(19)7-1-3-8(18)4-2-7/h1-4,9-10,12-15,17-22H,5-6H2,(H,23,24,25)/b16-11+/t9-,10+,12+,13-,14+,15-/m0/s1. The van der Waals surface area contributed by atoms with E-state index in [1.807, 2.05) is 0 Å². The molecule has 1 saturated heterocycles. The van der Waals surface area contributed by atoms with E-state index < -0.39 is 53.0 Å². The first-order valence-electron chi connectivity index (χ1n) is 8.19. The molecule has 29 heavy (non-hydrogen) atoms. The SMILES string of the molecule is O=S(=O)(O)O/N=C(\C[C@H](O)c1ccc(O)cc1)S[C@@H]1O[C@H](CO)[C@@H](O)[C@H](O)[C@H]1O. The van der Waals surface area contributed by atoms with Gasteiger partial charge in [-0.25, -0.2) is 4.28 Å². The van der Waals surface area contributed by atoms with Gasteiger partial charge < -0.3 is 35.4 Å². The van der Waals surface area contributed by atoms with E-state index in [2.05, 4.69) is 9.44 Å². The molecule has 0 aromatic heterocycles. The van der Waals surface area contributed by atoms with Crippen LogP contribution in [0.3, 0.4) is 0 Å². The smallest absolute Gasteiger partial charge is 0.466 e. The molecule has 0 spiro atoms. The summed E-state index contributed by atoms with van der Waals surface area (Å²) in [7, 11) is -4.96. The lowest BCUT2D eigenvalue weighted by Gasteiger charge is -2.39. The van der Waals surface area contributed by atoms with E-state index >= 15 is 0 Å². The molecule has 164 valence electrons. The molecular weight excluding hydrogens is 434 g/mol. The van der Waals surface area contributed by atoms with E-state index in [0.29, 0.717) is 17.3 Å². The number of oxime groups is 1. The van der Waals surface area contributed by atoms with Gasteiger partial charge in [0.1, 0.15) is 40.6 Å². The Balaban J connectivity index is 2.20. The lowest BCUT2D eigenvalue weighted by Crippen LogP contribution is -2.57. The lowest BCUT2D eigenvalue weighted by molar-refractivity contribution is -0.205. The number of aliphatic hydroxyl groups is 5. The summed E-state index contributed by atoms with van der Waals surface area (Å²) >= 11 is 0.551. The van der Waals surface area contributed by atoms with Crippen LogP contribution in [-0.2, 0) is 19.4 Å². The van der Waals surface area contributed by atoms with Crippen molar-refractivity contribution in [1.82, 2.24) is 0 Å². The van der Waals surface area contributed by atoms with E-state index in [4.69, 9.17) is 9.29 Å². The van der Waals surface area contributed by atoms with Crippen molar-refractivity contribution in [2.24, 2.45) is 5.16 Å². The number of aliphatic hydroxyl groups excluding tert-OH is 5. The average Bonchev–Trinajstić information content (AvgIpc) is 2.66. The van der Waals surface area contributed by atoms with Crippen LogP contribution < -0.4 is 0 Å². The number of phenols is 1. The number of aromatic hydroxyl groups is 1. The zero-order valence-corrected chi connectivity index (χ0v) is 16.3. The molecule has 0 bridgehead atoms. The zero-order chi connectivity index (χ0) is 21.8. The Bertz CT molecular complexity index is 799. The molecule has 1 heterocycles. The third-order valence-corrected chi connectivity index (χ3v) is 5.38. The van der Waals surface area contributed by atoms with Crippen LogP contribution in [0.2, 0.25) is 0 Å². The van der Waals surface area contributed by atoms with Gasteiger partial charge in [-0.15, -0.1) is 0 Å². The number of thioether (sulfide) groups is 1. The molecule has 6 atom stereocenters. The molecule has 1 aliphatic heterocycles. The van der Waals surface area contributed by atoms with E-state index in [0.717, 1.165) is 0 Å². The van der Waals surface area contributed by atoms with Crippen molar-refractivity contribution in [2.45, 2.75) is 42.4 Å². The number of ether oxygens (including phenoxy) is 1. The second-order valence-electron chi connectivity index (χ2n) is 6.11. The summed E-state index contributed by atoms with van der Waals surface area (Å²) < 4.78 is 39.6. The largest absolute Gasteiger partial charge is 0.508 e. The Labute approximate surface area is 170 Å². The molecule has 1 fully saturated rings. The fourth-order valence-corrected chi connectivity index (χ4v) is 3.81. The monoisotopic (exact) mass is 455 g/mol. The minimum absolute atomic E-state index is 0.0414. The van der Waals surface area contributed by atoms with Gasteiger partial charge in [-0.1, -0.05) is 29.1 Å². The molecule has 1 aliphatic rings. The predicted octanol–water partition coefficient (Wildman–Crippen LogP) is -1.52. The number of hydrogen-bond acceptors (Lipinski definition) is 12. The van der Waals surface area contributed by atoms with Crippen LogP contribution in [0.1, 0.15) is 18.1 Å². The molecule has 0 saturated carbocycles. The first kappa shape index (κ1) is 23.8. The minimum Gasteiger partial charge on any atom is -0.508 e. The Morgan fingerprint density at radius 3 is 2.34 bits per heavy atom. The minimum atomic E-state index is -4.96. The van der Waals surface area contributed by atoms with Gasteiger partial charge in [-0.3, -0.25) is 4.55 Å². The van der Waals surface area contributed by atoms with Crippen LogP contribution in [0.25, 0.3) is 0 Å². The normalized spacial score (nSPS) is 29.4. The molecule has 0 aliphatic carbocycles.